The Morgan fingerprint density at radius 2 is 2.32 bits per heavy atom. The predicted molar refractivity (Wildman–Crippen MR) is 74.5 cm³/mol. The molecule has 1 atom stereocenters. The van der Waals surface area contributed by atoms with E-state index in [0.717, 1.165) is 44.0 Å². The van der Waals surface area contributed by atoms with Crippen LogP contribution < -0.4 is 4.74 Å². The number of nitrogens with zero attached hydrogens (tertiary/aromatic N) is 1. The highest BCUT2D eigenvalue weighted by Crippen LogP contribution is 2.24. The van der Waals surface area contributed by atoms with Gasteiger partial charge in [-0.3, -0.25) is 0 Å². The van der Waals surface area contributed by atoms with Crippen molar-refractivity contribution in [2.75, 3.05) is 33.9 Å². The van der Waals surface area contributed by atoms with E-state index in [9.17, 15) is 5.11 Å². The van der Waals surface area contributed by atoms with Gasteiger partial charge >= 0.3 is 0 Å². The number of ether oxygens (including phenoxy) is 2. The van der Waals surface area contributed by atoms with Crippen LogP contribution in [-0.4, -0.2) is 43.9 Å². The smallest absolute Gasteiger partial charge is 0.120 e. The Morgan fingerprint density at radius 3 is 3.00 bits per heavy atom. The van der Waals surface area contributed by atoms with Gasteiger partial charge in [0.1, 0.15) is 11.5 Å². The minimum absolute atomic E-state index is 0.326. The summed E-state index contributed by atoms with van der Waals surface area (Å²) in [7, 11) is 3.72. The lowest BCUT2D eigenvalue weighted by Crippen LogP contribution is -2.30. The van der Waals surface area contributed by atoms with E-state index in [1.165, 1.54) is 6.42 Å². The lowest BCUT2D eigenvalue weighted by Gasteiger charge is -2.27. The number of rotatable bonds is 5. The van der Waals surface area contributed by atoms with Crippen molar-refractivity contribution in [3.8, 4) is 11.5 Å². The molecule has 0 radical (unpaired) electrons. The number of phenolic OH excluding ortho intramolecular Hbond substituents is 1. The Hall–Kier alpha value is -1.26. The molecule has 1 saturated heterocycles. The predicted octanol–water partition coefficient (Wildman–Crippen LogP) is 2.26. The molecule has 0 aromatic heterocycles. The van der Waals surface area contributed by atoms with Crippen molar-refractivity contribution < 1.29 is 14.6 Å². The molecule has 0 spiro atoms. The van der Waals surface area contributed by atoms with E-state index in [1.807, 2.05) is 6.07 Å². The Kier molecular flexibility index (Phi) is 5.05. The molecule has 1 aromatic rings. The van der Waals surface area contributed by atoms with Crippen LogP contribution in [0.3, 0.4) is 0 Å². The van der Waals surface area contributed by atoms with Crippen LogP contribution in [0, 0.1) is 5.92 Å². The second-order valence-electron chi connectivity index (χ2n) is 5.27. The van der Waals surface area contributed by atoms with E-state index >= 15 is 0 Å². The van der Waals surface area contributed by atoms with Gasteiger partial charge in [-0.15, -0.1) is 0 Å². The van der Waals surface area contributed by atoms with E-state index in [4.69, 9.17) is 9.47 Å². The van der Waals surface area contributed by atoms with Gasteiger partial charge in [0.15, 0.2) is 0 Å². The molecule has 1 aliphatic heterocycles. The highest BCUT2D eigenvalue weighted by atomic mass is 16.5. The average molecular weight is 265 g/mol. The monoisotopic (exact) mass is 265 g/mol. The third-order valence-corrected chi connectivity index (χ3v) is 3.55. The maximum atomic E-state index is 9.88. The van der Waals surface area contributed by atoms with Gasteiger partial charge in [-0.2, -0.15) is 0 Å². The maximum Gasteiger partial charge on any atom is 0.120 e. The van der Waals surface area contributed by atoms with Gasteiger partial charge in [-0.1, -0.05) is 0 Å². The van der Waals surface area contributed by atoms with Gasteiger partial charge in [0.05, 0.1) is 13.7 Å². The van der Waals surface area contributed by atoms with Gasteiger partial charge in [0.25, 0.3) is 0 Å². The van der Waals surface area contributed by atoms with Crippen LogP contribution in [0.15, 0.2) is 18.2 Å². The standard InChI is InChI=1S/C15H23NO3/c1-16(9-12-4-3-7-19-11-12)10-13-8-14(18-2)5-6-15(13)17/h5-6,8,12,17H,3-4,7,9-11H2,1-2H3. The minimum atomic E-state index is 0.326. The van der Waals surface area contributed by atoms with Gasteiger partial charge in [-0.25, -0.2) is 0 Å². The van der Waals surface area contributed by atoms with Crippen LogP contribution in [0.5, 0.6) is 11.5 Å². The zero-order chi connectivity index (χ0) is 13.7. The van der Waals surface area contributed by atoms with Crippen LogP contribution in [0.2, 0.25) is 0 Å². The van der Waals surface area contributed by atoms with Crippen molar-refractivity contribution in [2.24, 2.45) is 5.92 Å². The highest BCUT2D eigenvalue weighted by Gasteiger charge is 2.16. The first kappa shape index (κ1) is 14.2. The van der Waals surface area contributed by atoms with Crippen molar-refractivity contribution in [2.45, 2.75) is 19.4 Å². The summed E-state index contributed by atoms with van der Waals surface area (Å²) in [5, 5.41) is 9.88. The summed E-state index contributed by atoms with van der Waals surface area (Å²) >= 11 is 0. The minimum Gasteiger partial charge on any atom is -0.508 e. The van der Waals surface area contributed by atoms with E-state index < -0.39 is 0 Å². The molecule has 4 heteroatoms. The van der Waals surface area contributed by atoms with Crippen LogP contribution >= 0.6 is 0 Å². The number of aromatic hydroxyl groups is 1. The molecule has 2 rings (SSSR count). The van der Waals surface area contributed by atoms with Crippen LogP contribution in [-0.2, 0) is 11.3 Å². The zero-order valence-electron chi connectivity index (χ0n) is 11.8. The fourth-order valence-corrected chi connectivity index (χ4v) is 2.56. The molecule has 0 aliphatic carbocycles. The molecule has 19 heavy (non-hydrogen) atoms. The first-order valence-electron chi connectivity index (χ1n) is 6.81. The number of methoxy groups -OCH3 is 1. The number of hydrogen-bond donors (Lipinski definition) is 1. The van der Waals surface area contributed by atoms with Crippen molar-refractivity contribution >= 4 is 0 Å². The first-order chi connectivity index (χ1) is 9.19. The third-order valence-electron chi connectivity index (χ3n) is 3.55. The lowest BCUT2D eigenvalue weighted by molar-refractivity contribution is 0.0411. The van der Waals surface area contributed by atoms with E-state index in [2.05, 4.69) is 11.9 Å². The maximum absolute atomic E-state index is 9.88. The second-order valence-corrected chi connectivity index (χ2v) is 5.27. The Bertz CT molecular complexity index is 402. The van der Waals surface area contributed by atoms with E-state index in [1.54, 1.807) is 19.2 Å². The molecular weight excluding hydrogens is 242 g/mol. The fourth-order valence-electron chi connectivity index (χ4n) is 2.56. The van der Waals surface area contributed by atoms with Crippen molar-refractivity contribution in [3.05, 3.63) is 23.8 Å². The molecule has 106 valence electrons. The molecule has 0 saturated carbocycles. The normalized spacial score (nSPS) is 19.6. The van der Waals surface area contributed by atoms with Crippen LogP contribution in [0.4, 0.5) is 0 Å². The zero-order valence-corrected chi connectivity index (χ0v) is 11.8. The molecule has 1 fully saturated rings. The molecule has 1 aliphatic rings. The highest BCUT2D eigenvalue weighted by molar-refractivity contribution is 5.39. The summed E-state index contributed by atoms with van der Waals surface area (Å²) in [6.45, 7) is 3.47. The Morgan fingerprint density at radius 1 is 1.47 bits per heavy atom. The molecule has 0 amide bonds. The second kappa shape index (κ2) is 6.78. The molecular formula is C15H23NO3. The average Bonchev–Trinajstić information content (AvgIpc) is 2.42. The molecule has 1 N–H and O–H groups in total. The van der Waals surface area contributed by atoms with Crippen molar-refractivity contribution in [1.82, 2.24) is 4.90 Å². The topological polar surface area (TPSA) is 41.9 Å². The molecule has 1 heterocycles. The van der Waals surface area contributed by atoms with Crippen molar-refractivity contribution in [3.63, 3.8) is 0 Å². The van der Waals surface area contributed by atoms with Gasteiger partial charge in [0.2, 0.25) is 0 Å². The van der Waals surface area contributed by atoms with Gasteiger partial charge < -0.3 is 19.5 Å². The molecule has 1 unspecified atom stereocenters. The van der Waals surface area contributed by atoms with Gasteiger partial charge in [0, 0.05) is 25.3 Å². The number of benzene rings is 1. The third kappa shape index (κ3) is 4.11. The molecule has 1 aromatic carbocycles. The summed E-state index contributed by atoms with van der Waals surface area (Å²) in [6, 6.07) is 5.35. The summed E-state index contributed by atoms with van der Waals surface area (Å²) in [4.78, 5) is 2.23. The largest absolute Gasteiger partial charge is 0.508 e. The molecule has 4 nitrogen and oxygen atoms in total. The lowest BCUT2D eigenvalue weighted by atomic mass is 10.0. The van der Waals surface area contributed by atoms with Crippen LogP contribution in [0.1, 0.15) is 18.4 Å². The number of hydrogen-bond acceptors (Lipinski definition) is 4. The summed E-state index contributed by atoms with van der Waals surface area (Å²) in [5.41, 5.74) is 0.901. The van der Waals surface area contributed by atoms with E-state index in [-0.39, 0.29) is 0 Å². The summed E-state index contributed by atoms with van der Waals surface area (Å²) < 4.78 is 10.7. The quantitative estimate of drug-likeness (QED) is 0.886. The van der Waals surface area contributed by atoms with Crippen LogP contribution in [0.25, 0.3) is 0 Å². The summed E-state index contributed by atoms with van der Waals surface area (Å²) in [5.74, 6) is 1.71. The molecule has 0 bridgehead atoms. The van der Waals surface area contributed by atoms with Gasteiger partial charge in [-0.05, 0) is 44.0 Å². The Balaban J connectivity index is 1.92. The Labute approximate surface area is 114 Å². The van der Waals surface area contributed by atoms with Crippen molar-refractivity contribution in [1.29, 1.82) is 0 Å². The fraction of sp³-hybridized carbons (Fsp3) is 0.600. The number of phenols is 1. The SMILES string of the molecule is COc1ccc(O)c(CN(C)CC2CCCOC2)c1. The first-order valence-corrected chi connectivity index (χ1v) is 6.81. The summed E-state index contributed by atoms with van der Waals surface area (Å²) in [6.07, 6.45) is 2.39. The van der Waals surface area contributed by atoms with E-state index in [0.29, 0.717) is 11.7 Å².